The molecule has 0 bridgehead atoms. The van der Waals surface area contributed by atoms with Crippen LogP contribution in [-0.2, 0) is 15.7 Å². The Hall–Kier alpha value is -4.61. The first-order valence-electron chi connectivity index (χ1n) is 14.7. The lowest BCUT2D eigenvalue weighted by Crippen LogP contribution is -2.36. The predicted octanol–water partition coefficient (Wildman–Crippen LogP) is 7.90. The summed E-state index contributed by atoms with van der Waals surface area (Å²) >= 11 is 0.601. The molecule has 264 valence electrons. The van der Waals surface area contributed by atoms with Crippen LogP contribution in [0.15, 0.2) is 18.2 Å². The Kier molecular flexibility index (Phi) is 9.24. The summed E-state index contributed by atoms with van der Waals surface area (Å²) in [6, 6.07) is 1.76. The number of benzene rings is 2. The van der Waals surface area contributed by atoms with Crippen molar-refractivity contribution in [3.05, 3.63) is 35.4 Å². The summed E-state index contributed by atoms with van der Waals surface area (Å²) in [5, 5.41) is 1.51. The number of rotatable bonds is 5. The smallest absolute Gasteiger partial charge is 0.417 e. The van der Waals surface area contributed by atoms with Crippen molar-refractivity contribution < 1.29 is 54.9 Å². The number of hydrogen-bond acceptors (Lipinski definition) is 10. The zero-order chi connectivity index (χ0) is 36.2. The maximum atomic E-state index is 16.5. The molecule has 1 saturated heterocycles. The zero-order valence-corrected chi connectivity index (χ0v) is 28.0. The van der Waals surface area contributed by atoms with Gasteiger partial charge in [0, 0.05) is 11.1 Å². The fourth-order valence-corrected chi connectivity index (χ4v) is 5.82. The number of nitrogens with one attached hydrogen (secondary N) is 1. The van der Waals surface area contributed by atoms with Crippen molar-refractivity contribution in [3.63, 3.8) is 0 Å². The van der Waals surface area contributed by atoms with Crippen LogP contribution in [0.25, 0.3) is 32.2 Å². The van der Waals surface area contributed by atoms with E-state index < -0.39 is 99.5 Å². The minimum atomic E-state index is -5.21. The van der Waals surface area contributed by atoms with Gasteiger partial charge in [0.25, 0.3) is 0 Å². The van der Waals surface area contributed by atoms with Crippen LogP contribution in [-0.4, -0.2) is 75.7 Å². The van der Waals surface area contributed by atoms with E-state index >= 15 is 8.78 Å². The summed E-state index contributed by atoms with van der Waals surface area (Å²) in [6.45, 7) is 8.86. The lowest BCUT2D eigenvalue weighted by molar-refractivity contribution is -0.137. The number of alkyl halides is 4. The highest BCUT2D eigenvalue weighted by atomic mass is 32.1. The molecule has 0 aliphatic carbocycles. The number of amides is 2. The number of thiazole rings is 1. The topological polar surface area (TPSA) is 125 Å². The van der Waals surface area contributed by atoms with Gasteiger partial charge in [-0.2, -0.15) is 23.1 Å². The molecule has 3 heterocycles. The highest BCUT2D eigenvalue weighted by Gasteiger charge is 2.41. The molecule has 11 nitrogen and oxygen atoms in total. The van der Waals surface area contributed by atoms with Gasteiger partial charge in [-0.05, 0) is 59.7 Å². The molecule has 1 aliphatic heterocycles. The van der Waals surface area contributed by atoms with E-state index in [4.69, 9.17) is 18.9 Å². The van der Waals surface area contributed by atoms with Crippen molar-refractivity contribution in [3.8, 4) is 23.0 Å². The monoisotopic (exact) mass is 715 g/mol. The fraction of sp³-hybridized carbons (Fsp3) is 0.452. The van der Waals surface area contributed by atoms with Crippen molar-refractivity contribution in [2.24, 2.45) is 0 Å². The van der Waals surface area contributed by atoms with Crippen LogP contribution in [0.5, 0.6) is 11.9 Å². The van der Waals surface area contributed by atoms with Gasteiger partial charge in [0.1, 0.15) is 22.5 Å². The number of ether oxygens (including phenoxy) is 4. The van der Waals surface area contributed by atoms with Gasteiger partial charge in [0.15, 0.2) is 23.2 Å². The third-order valence-corrected chi connectivity index (χ3v) is 7.83. The van der Waals surface area contributed by atoms with E-state index in [0.717, 1.165) is 24.1 Å². The molecule has 0 saturated carbocycles. The Bertz CT molecular complexity index is 1940. The molecule has 2 aromatic heterocycles. The van der Waals surface area contributed by atoms with Gasteiger partial charge in [0.2, 0.25) is 5.88 Å². The molecule has 2 unspecified atom stereocenters. The summed E-state index contributed by atoms with van der Waals surface area (Å²) < 4.78 is 112. The molecule has 2 amide bonds. The maximum absolute atomic E-state index is 16.5. The molecule has 4 aromatic rings. The Balaban J connectivity index is 1.63. The van der Waals surface area contributed by atoms with Crippen molar-refractivity contribution in [1.82, 2.24) is 19.9 Å². The van der Waals surface area contributed by atoms with Crippen LogP contribution in [0, 0.1) is 11.6 Å². The van der Waals surface area contributed by atoms with Gasteiger partial charge < -0.3 is 23.8 Å². The molecule has 1 fully saturated rings. The van der Waals surface area contributed by atoms with Gasteiger partial charge in [0.05, 0.1) is 41.4 Å². The van der Waals surface area contributed by atoms with Gasteiger partial charge >= 0.3 is 24.4 Å². The predicted molar refractivity (Wildman–Crippen MR) is 167 cm³/mol. The summed E-state index contributed by atoms with van der Waals surface area (Å²) in [7, 11) is 1.11. The molecule has 49 heavy (non-hydrogen) atoms. The van der Waals surface area contributed by atoms with Crippen molar-refractivity contribution in [2.45, 2.75) is 71.2 Å². The average Bonchev–Trinajstić information content (AvgIpc) is 3.55. The van der Waals surface area contributed by atoms with E-state index in [-0.39, 0.29) is 21.9 Å². The number of nitrogens with zero attached hydrogens (tertiary/aromatic N) is 4. The first kappa shape index (κ1) is 35.7. The molecule has 0 spiro atoms. The molecule has 1 aliphatic rings. The number of fused-ring (bicyclic) bond motifs is 2. The van der Waals surface area contributed by atoms with Gasteiger partial charge in [-0.1, -0.05) is 11.3 Å². The number of carbonyl (C=O) groups is 2. The second-order valence-corrected chi connectivity index (χ2v) is 14.0. The van der Waals surface area contributed by atoms with E-state index in [1.54, 1.807) is 41.5 Å². The zero-order valence-electron chi connectivity index (χ0n) is 27.2. The fourth-order valence-electron chi connectivity index (χ4n) is 4.93. The molecule has 2 aromatic carbocycles. The van der Waals surface area contributed by atoms with Crippen LogP contribution in [0.3, 0.4) is 0 Å². The van der Waals surface area contributed by atoms with Crippen LogP contribution in [0.4, 0.5) is 41.1 Å². The summed E-state index contributed by atoms with van der Waals surface area (Å²) in [5.41, 5.74) is -5.90. The molecule has 1 N–H and O–H groups in total. The van der Waals surface area contributed by atoms with Gasteiger partial charge in [-0.15, -0.1) is 0 Å². The third kappa shape index (κ3) is 7.68. The average molecular weight is 716 g/mol. The highest BCUT2D eigenvalue weighted by molar-refractivity contribution is 7.22. The van der Waals surface area contributed by atoms with Crippen LogP contribution < -0.4 is 14.8 Å². The van der Waals surface area contributed by atoms with E-state index in [1.807, 2.05) is 0 Å². The first-order valence-corrected chi connectivity index (χ1v) is 15.5. The maximum Gasteiger partial charge on any atom is 0.417 e. The minimum Gasteiger partial charge on any atom is -0.469 e. The first-order chi connectivity index (χ1) is 22.6. The molecule has 0 radical (unpaired) electrons. The SMILES string of the molecule is COc1nc(OC2CN(C(=O)OC(C)(C)C)CC2F)c2cc(C(F)(F)F)c(-c3ccc(F)c4sc(NC(=O)OC(C)(C)C)nc34)c(F)c2n1. The summed E-state index contributed by atoms with van der Waals surface area (Å²) in [5.74, 6) is -3.05. The van der Waals surface area contributed by atoms with Crippen molar-refractivity contribution in [1.29, 1.82) is 0 Å². The van der Waals surface area contributed by atoms with E-state index in [0.29, 0.717) is 17.4 Å². The second kappa shape index (κ2) is 12.7. The molecular formula is C31H31F6N5O6S. The number of likely N-dealkylation sites (tertiary alicyclic amines) is 1. The number of methoxy groups -OCH3 is 1. The van der Waals surface area contributed by atoms with Crippen LogP contribution in [0.1, 0.15) is 47.1 Å². The van der Waals surface area contributed by atoms with Crippen molar-refractivity contribution >= 4 is 49.8 Å². The van der Waals surface area contributed by atoms with E-state index in [1.165, 1.54) is 0 Å². The molecule has 2 atom stereocenters. The largest absolute Gasteiger partial charge is 0.469 e. The lowest BCUT2D eigenvalue weighted by Gasteiger charge is -2.24. The highest BCUT2D eigenvalue weighted by Crippen LogP contribution is 2.46. The van der Waals surface area contributed by atoms with E-state index in [2.05, 4.69) is 20.3 Å². The van der Waals surface area contributed by atoms with Crippen molar-refractivity contribution in [2.75, 3.05) is 25.5 Å². The van der Waals surface area contributed by atoms with E-state index in [9.17, 15) is 27.2 Å². The normalized spacial score (nSPS) is 17.0. The summed E-state index contributed by atoms with van der Waals surface area (Å²) in [6.07, 6.45) is -10.2. The van der Waals surface area contributed by atoms with Crippen LogP contribution >= 0.6 is 11.3 Å². The lowest BCUT2D eigenvalue weighted by atomic mass is 9.95. The molecular weight excluding hydrogens is 684 g/mol. The standard InChI is InChI=1S/C31H31F6N5O6S/c1-29(2,3)47-27(43)41-26-39-22-13(8-9-16(32)23(22)49-26)19-15(31(35,36)37)10-14-21(20(19)34)38-25(45-7)40-24(14)46-18-12-42(11-17(18)33)28(44)48-30(4,5)6/h8-10,17-18H,11-12H2,1-7H3,(H,39,41,43). The van der Waals surface area contributed by atoms with Gasteiger partial charge in [-0.3, -0.25) is 5.32 Å². The second-order valence-electron chi connectivity index (χ2n) is 13.0. The minimum absolute atomic E-state index is 0.220. The third-order valence-electron chi connectivity index (χ3n) is 6.85. The quantitative estimate of drug-likeness (QED) is 0.205. The molecule has 18 heteroatoms. The Morgan fingerprint density at radius 2 is 1.63 bits per heavy atom. The Morgan fingerprint density at radius 3 is 2.24 bits per heavy atom. The number of anilines is 1. The Morgan fingerprint density at radius 1 is 0.959 bits per heavy atom. The summed E-state index contributed by atoms with van der Waals surface area (Å²) in [4.78, 5) is 37.8. The molecule has 5 rings (SSSR count). The Labute approximate surface area is 279 Å². The number of hydrogen-bond donors (Lipinski definition) is 1. The van der Waals surface area contributed by atoms with Gasteiger partial charge in [-0.25, -0.2) is 27.7 Å². The number of carbonyl (C=O) groups excluding carboxylic acids is 2. The number of halogens is 6. The van der Waals surface area contributed by atoms with Crippen LogP contribution in [0.2, 0.25) is 0 Å². The number of aromatic nitrogens is 3.